The molecule has 2 fully saturated rings. The molecule has 2 saturated heterocycles. The third kappa shape index (κ3) is 3.80. The summed E-state index contributed by atoms with van der Waals surface area (Å²) in [7, 11) is 0. The number of anilines is 2. The van der Waals surface area contributed by atoms with Gasteiger partial charge in [-0.25, -0.2) is 9.69 Å². The van der Waals surface area contributed by atoms with Crippen LogP contribution >= 0.6 is 23.2 Å². The van der Waals surface area contributed by atoms with E-state index in [0.29, 0.717) is 5.02 Å². The Balaban J connectivity index is 1.69. The average molecular weight is 444 g/mol. The van der Waals surface area contributed by atoms with Crippen LogP contribution < -0.4 is 15.1 Å². The third-order valence-corrected chi connectivity index (χ3v) is 5.81. The molecule has 154 valence electrons. The molecular weight excluding hydrogens is 425 g/mol. The van der Waals surface area contributed by atoms with Gasteiger partial charge in [0.2, 0.25) is 0 Å². The van der Waals surface area contributed by atoms with E-state index < -0.39 is 17.8 Å². The van der Waals surface area contributed by atoms with Gasteiger partial charge in [0.25, 0.3) is 11.8 Å². The highest BCUT2D eigenvalue weighted by Gasteiger charge is 2.37. The number of carbonyl (C=O) groups is 3. The zero-order valence-corrected chi connectivity index (χ0v) is 17.8. The highest BCUT2D eigenvalue weighted by molar-refractivity contribution is 6.42. The van der Waals surface area contributed by atoms with E-state index in [2.05, 4.69) is 10.2 Å². The molecule has 0 aliphatic carbocycles. The topological polar surface area (TPSA) is 69.7 Å². The monoisotopic (exact) mass is 443 g/mol. The van der Waals surface area contributed by atoms with E-state index in [-0.39, 0.29) is 16.3 Å². The van der Waals surface area contributed by atoms with Crippen molar-refractivity contribution in [1.82, 2.24) is 5.32 Å². The highest BCUT2D eigenvalue weighted by Crippen LogP contribution is 2.32. The molecule has 0 spiro atoms. The molecule has 0 saturated carbocycles. The van der Waals surface area contributed by atoms with Crippen molar-refractivity contribution in [1.29, 1.82) is 0 Å². The summed E-state index contributed by atoms with van der Waals surface area (Å²) in [5.74, 6) is -1.48. The van der Waals surface area contributed by atoms with Crippen molar-refractivity contribution in [3.8, 4) is 0 Å². The molecule has 2 aromatic rings. The standard InChI is InChI=1S/C22H19Cl2N3O3/c1-13-10-16(26-8-2-3-9-26)6-4-14(13)11-17-20(28)25-22(30)27(21(17)29)19-7-5-15(23)12-18(19)24/h4-7,10-12H,2-3,8-9H2,1H3,(H,25,28,30). The Kier molecular flexibility index (Phi) is 5.54. The number of aryl methyl sites for hydroxylation is 1. The number of halogens is 2. The van der Waals surface area contributed by atoms with E-state index in [9.17, 15) is 14.4 Å². The first kappa shape index (κ1) is 20.4. The van der Waals surface area contributed by atoms with Gasteiger partial charge in [-0.1, -0.05) is 29.3 Å². The van der Waals surface area contributed by atoms with Crippen LogP contribution in [0.1, 0.15) is 24.0 Å². The van der Waals surface area contributed by atoms with Crippen LogP contribution in [-0.4, -0.2) is 30.9 Å². The maximum absolute atomic E-state index is 13.1. The van der Waals surface area contributed by atoms with E-state index in [4.69, 9.17) is 23.2 Å². The predicted molar refractivity (Wildman–Crippen MR) is 118 cm³/mol. The predicted octanol–water partition coefficient (Wildman–Crippen LogP) is 4.57. The minimum Gasteiger partial charge on any atom is -0.372 e. The Morgan fingerprint density at radius 2 is 1.73 bits per heavy atom. The van der Waals surface area contributed by atoms with Crippen LogP contribution in [0.15, 0.2) is 42.0 Å². The van der Waals surface area contributed by atoms with Crippen molar-refractivity contribution in [2.24, 2.45) is 0 Å². The van der Waals surface area contributed by atoms with Gasteiger partial charge in [0.15, 0.2) is 0 Å². The molecule has 2 aliphatic rings. The van der Waals surface area contributed by atoms with Crippen molar-refractivity contribution in [3.05, 3.63) is 63.1 Å². The summed E-state index contributed by atoms with van der Waals surface area (Å²) in [5.41, 5.74) is 2.80. The van der Waals surface area contributed by atoms with Crippen molar-refractivity contribution in [2.75, 3.05) is 22.9 Å². The Bertz CT molecular complexity index is 1090. The van der Waals surface area contributed by atoms with Crippen molar-refractivity contribution < 1.29 is 14.4 Å². The Morgan fingerprint density at radius 1 is 1.00 bits per heavy atom. The van der Waals surface area contributed by atoms with Crippen LogP contribution in [-0.2, 0) is 9.59 Å². The molecule has 0 atom stereocenters. The first-order chi connectivity index (χ1) is 14.3. The van der Waals surface area contributed by atoms with Crippen LogP contribution in [0.5, 0.6) is 0 Å². The summed E-state index contributed by atoms with van der Waals surface area (Å²) in [6.45, 7) is 3.98. The highest BCUT2D eigenvalue weighted by atomic mass is 35.5. The molecule has 2 aliphatic heterocycles. The molecule has 4 rings (SSSR count). The van der Waals surface area contributed by atoms with E-state index in [1.807, 2.05) is 25.1 Å². The summed E-state index contributed by atoms with van der Waals surface area (Å²) in [5, 5.41) is 2.71. The fourth-order valence-electron chi connectivity index (χ4n) is 3.69. The lowest BCUT2D eigenvalue weighted by atomic mass is 10.0. The molecule has 0 radical (unpaired) electrons. The fraction of sp³-hybridized carbons (Fsp3) is 0.227. The first-order valence-electron chi connectivity index (χ1n) is 9.57. The molecule has 8 heteroatoms. The number of nitrogens with zero attached hydrogens (tertiary/aromatic N) is 2. The third-order valence-electron chi connectivity index (χ3n) is 5.28. The molecule has 0 unspecified atom stereocenters. The summed E-state index contributed by atoms with van der Waals surface area (Å²) in [4.78, 5) is 41.0. The Morgan fingerprint density at radius 3 is 2.40 bits per heavy atom. The fourth-order valence-corrected chi connectivity index (χ4v) is 4.18. The van der Waals surface area contributed by atoms with E-state index >= 15 is 0 Å². The number of amides is 4. The second-order valence-electron chi connectivity index (χ2n) is 7.29. The SMILES string of the molecule is Cc1cc(N2CCCC2)ccc1C=C1C(=O)NC(=O)N(c2ccc(Cl)cc2Cl)C1=O. The smallest absolute Gasteiger partial charge is 0.335 e. The van der Waals surface area contributed by atoms with E-state index in [1.54, 1.807) is 0 Å². The van der Waals surface area contributed by atoms with Gasteiger partial charge in [-0.15, -0.1) is 0 Å². The van der Waals surface area contributed by atoms with Crippen LogP contribution in [0, 0.1) is 6.92 Å². The Labute approximate surface area is 184 Å². The van der Waals surface area contributed by atoms with Gasteiger partial charge in [-0.3, -0.25) is 14.9 Å². The van der Waals surface area contributed by atoms with Gasteiger partial charge in [0, 0.05) is 23.8 Å². The van der Waals surface area contributed by atoms with Crippen molar-refractivity contribution in [3.63, 3.8) is 0 Å². The van der Waals surface area contributed by atoms with E-state index in [0.717, 1.165) is 34.8 Å². The van der Waals surface area contributed by atoms with Gasteiger partial charge >= 0.3 is 6.03 Å². The number of hydrogen-bond acceptors (Lipinski definition) is 4. The molecule has 0 aromatic heterocycles. The minimum atomic E-state index is -0.854. The normalized spacial score (nSPS) is 18.4. The van der Waals surface area contributed by atoms with Crippen molar-refractivity contribution >= 4 is 58.5 Å². The van der Waals surface area contributed by atoms with Gasteiger partial charge in [0.05, 0.1) is 10.7 Å². The molecule has 2 heterocycles. The molecular formula is C22H19Cl2N3O3. The number of barbiturate groups is 1. The summed E-state index contributed by atoms with van der Waals surface area (Å²) >= 11 is 12.1. The van der Waals surface area contributed by atoms with Gasteiger partial charge in [0.1, 0.15) is 5.57 Å². The zero-order chi connectivity index (χ0) is 21.4. The second-order valence-corrected chi connectivity index (χ2v) is 8.13. The van der Waals surface area contributed by atoms with Crippen LogP contribution in [0.25, 0.3) is 6.08 Å². The summed E-state index contributed by atoms with van der Waals surface area (Å²) in [6, 6.07) is 9.46. The molecule has 1 N–H and O–H groups in total. The van der Waals surface area contributed by atoms with E-state index in [1.165, 1.54) is 37.1 Å². The summed E-state index contributed by atoms with van der Waals surface area (Å²) in [6.07, 6.45) is 3.86. The van der Waals surface area contributed by atoms with Crippen molar-refractivity contribution in [2.45, 2.75) is 19.8 Å². The lowest BCUT2D eigenvalue weighted by Gasteiger charge is -2.27. The van der Waals surface area contributed by atoms with Gasteiger partial charge in [-0.2, -0.15) is 0 Å². The lowest BCUT2D eigenvalue weighted by Crippen LogP contribution is -2.54. The molecule has 30 heavy (non-hydrogen) atoms. The number of urea groups is 1. The number of nitrogens with one attached hydrogen (secondary N) is 1. The van der Waals surface area contributed by atoms with Gasteiger partial charge in [-0.05, 0) is 67.3 Å². The molecule has 6 nitrogen and oxygen atoms in total. The lowest BCUT2D eigenvalue weighted by molar-refractivity contribution is -0.122. The molecule has 2 aromatic carbocycles. The number of rotatable bonds is 3. The Hall–Kier alpha value is -2.83. The zero-order valence-electron chi connectivity index (χ0n) is 16.2. The number of hydrogen-bond donors (Lipinski definition) is 1. The summed E-state index contributed by atoms with van der Waals surface area (Å²) < 4.78 is 0. The van der Waals surface area contributed by atoms with Gasteiger partial charge < -0.3 is 4.90 Å². The minimum absolute atomic E-state index is 0.130. The number of imide groups is 2. The molecule has 4 amide bonds. The van der Waals surface area contributed by atoms with Crippen LogP contribution in [0.3, 0.4) is 0 Å². The molecule has 0 bridgehead atoms. The number of carbonyl (C=O) groups excluding carboxylic acids is 3. The van der Waals surface area contributed by atoms with Crippen LogP contribution in [0.2, 0.25) is 10.0 Å². The maximum Gasteiger partial charge on any atom is 0.335 e. The maximum atomic E-state index is 13.1. The first-order valence-corrected chi connectivity index (χ1v) is 10.3. The largest absolute Gasteiger partial charge is 0.372 e. The second kappa shape index (κ2) is 8.13. The average Bonchev–Trinajstić information content (AvgIpc) is 3.22. The van der Waals surface area contributed by atoms with Crippen LogP contribution in [0.4, 0.5) is 16.2 Å². The number of benzene rings is 2. The quantitative estimate of drug-likeness (QED) is 0.557.